The van der Waals surface area contributed by atoms with Crippen molar-refractivity contribution >= 4 is 34.9 Å². The van der Waals surface area contributed by atoms with Crippen molar-refractivity contribution in [2.24, 2.45) is 0 Å². The predicted octanol–water partition coefficient (Wildman–Crippen LogP) is 3.63. The van der Waals surface area contributed by atoms with E-state index in [1.54, 1.807) is 31.2 Å². The highest BCUT2D eigenvalue weighted by atomic mass is 35.5. The highest BCUT2D eigenvalue weighted by Crippen LogP contribution is 2.28. The molecule has 0 atom stereocenters. The largest absolute Gasteiger partial charge is 0.480 e. The van der Waals surface area contributed by atoms with Gasteiger partial charge in [0.1, 0.15) is 5.69 Å². The first kappa shape index (κ1) is 21.8. The van der Waals surface area contributed by atoms with E-state index < -0.39 is 23.4 Å². The summed E-state index contributed by atoms with van der Waals surface area (Å²) in [6.07, 6.45) is 1.44. The number of esters is 1. The number of nitro groups is 1. The molecule has 2 aromatic carbocycles. The van der Waals surface area contributed by atoms with Crippen molar-refractivity contribution in [3.8, 4) is 11.4 Å². The highest BCUT2D eigenvalue weighted by Gasteiger charge is 2.22. The van der Waals surface area contributed by atoms with Gasteiger partial charge in [0.05, 0.1) is 23.4 Å². The number of hydrogen-bond acceptors (Lipinski definition) is 7. The molecule has 0 aliphatic heterocycles. The summed E-state index contributed by atoms with van der Waals surface area (Å²) in [5.74, 6) is -1.35. The quantitative estimate of drug-likeness (QED) is 0.319. The smallest absolute Gasteiger partial charge is 0.362 e. The number of hydrogen-bond donors (Lipinski definition) is 1. The average Bonchev–Trinajstić information content (AvgIpc) is 3.19. The van der Waals surface area contributed by atoms with Crippen LogP contribution in [0.1, 0.15) is 17.4 Å². The second-order valence-corrected chi connectivity index (χ2v) is 6.53. The van der Waals surface area contributed by atoms with Gasteiger partial charge in [0, 0.05) is 11.1 Å². The topological polar surface area (TPSA) is 126 Å². The van der Waals surface area contributed by atoms with E-state index in [1.165, 1.54) is 23.0 Å². The number of carbonyl (C=O) groups is 2. The van der Waals surface area contributed by atoms with Crippen molar-refractivity contribution in [3.63, 3.8) is 0 Å². The van der Waals surface area contributed by atoms with Crippen molar-refractivity contribution in [1.29, 1.82) is 0 Å². The van der Waals surface area contributed by atoms with Gasteiger partial charge < -0.3 is 14.8 Å². The first-order chi connectivity index (χ1) is 14.9. The maximum Gasteiger partial charge on any atom is 0.362 e. The molecular formula is C20H17ClN4O6. The number of benzene rings is 2. The van der Waals surface area contributed by atoms with Crippen molar-refractivity contribution in [2.45, 2.75) is 6.92 Å². The van der Waals surface area contributed by atoms with Gasteiger partial charge in [-0.25, -0.2) is 9.48 Å². The molecule has 0 spiro atoms. The maximum absolute atomic E-state index is 12.3. The number of aromatic nitrogens is 2. The van der Waals surface area contributed by atoms with E-state index >= 15 is 0 Å². The number of nitrogens with one attached hydrogen (secondary N) is 1. The van der Waals surface area contributed by atoms with Crippen LogP contribution in [-0.4, -0.2) is 39.8 Å². The van der Waals surface area contributed by atoms with Crippen LogP contribution in [0, 0.1) is 10.1 Å². The minimum absolute atomic E-state index is 0.0306. The Hall–Kier alpha value is -3.92. The lowest BCUT2D eigenvalue weighted by atomic mass is 10.2. The SMILES string of the molecule is CCOC(=O)c1nn(-c2ccccc2)cc1OCC(=O)Nc1ccc(Cl)cc1[N+](=O)[O-]. The fraction of sp³-hybridized carbons (Fsp3) is 0.150. The first-order valence-electron chi connectivity index (χ1n) is 9.08. The summed E-state index contributed by atoms with van der Waals surface area (Å²) >= 11 is 5.77. The number of ether oxygens (including phenoxy) is 2. The van der Waals surface area contributed by atoms with Gasteiger partial charge in [-0.15, -0.1) is 0 Å². The zero-order chi connectivity index (χ0) is 22.4. The number of anilines is 1. The Morgan fingerprint density at radius 2 is 1.97 bits per heavy atom. The van der Waals surface area contributed by atoms with Gasteiger partial charge in [0.25, 0.3) is 11.6 Å². The van der Waals surface area contributed by atoms with Crippen LogP contribution in [0.5, 0.6) is 5.75 Å². The summed E-state index contributed by atoms with van der Waals surface area (Å²) in [4.78, 5) is 35.0. The molecule has 1 heterocycles. The molecule has 0 bridgehead atoms. The van der Waals surface area contributed by atoms with Gasteiger partial charge >= 0.3 is 5.97 Å². The Morgan fingerprint density at radius 3 is 2.65 bits per heavy atom. The maximum atomic E-state index is 12.3. The zero-order valence-electron chi connectivity index (χ0n) is 16.3. The lowest BCUT2D eigenvalue weighted by molar-refractivity contribution is -0.383. The molecule has 1 amide bonds. The molecule has 31 heavy (non-hydrogen) atoms. The zero-order valence-corrected chi connectivity index (χ0v) is 17.0. The number of rotatable bonds is 8. The van der Waals surface area contributed by atoms with Crippen LogP contribution in [0.3, 0.4) is 0 Å². The normalized spacial score (nSPS) is 10.4. The summed E-state index contributed by atoms with van der Waals surface area (Å²) in [5.41, 5.74) is 0.179. The van der Waals surface area contributed by atoms with E-state index in [0.29, 0.717) is 5.69 Å². The molecule has 1 N–H and O–H groups in total. The van der Waals surface area contributed by atoms with Crippen LogP contribution < -0.4 is 10.1 Å². The van der Waals surface area contributed by atoms with Crippen molar-refractivity contribution in [2.75, 3.05) is 18.5 Å². The van der Waals surface area contributed by atoms with E-state index in [9.17, 15) is 19.7 Å². The minimum atomic E-state index is -0.707. The predicted molar refractivity (Wildman–Crippen MR) is 112 cm³/mol. The molecule has 0 saturated carbocycles. The van der Waals surface area contributed by atoms with E-state index in [4.69, 9.17) is 21.1 Å². The molecule has 0 fully saturated rings. The third-order valence-electron chi connectivity index (χ3n) is 3.96. The molecule has 0 aliphatic carbocycles. The lowest BCUT2D eigenvalue weighted by Gasteiger charge is -2.08. The van der Waals surface area contributed by atoms with Crippen molar-refractivity contribution in [1.82, 2.24) is 9.78 Å². The molecule has 0 aliphatic rings. The first-order valence-corrected chi connectivity index (χ1v) is 9.45. The molecule has 3 aromatic rings. The summed E-state index contributed by atoms with van der Waals surface area (Å²) in [6, 6.07) is 12.8. The molecule has 3 rings (SSSR count). The summed E-state index contributed by atoms with van der Waals surface area (Å²) in [7, 11) is 0. The fourth-order valence-corrected chi connectivity index (χ4v) is 2.78. The standard InChI is InChI=1S/C20H17ClN4O6/c1-2-30-20(27)19-17(11-24(23-19)14-6-4-3-5-7-14)31-12-18(26)22-15-9-8-13(21)10-16(15)25(28)29/h3-11H,2,12H2,1H3,(H,22,26). The van der Waals surface area contributed by atoms with Gasteiger partial charge in [-0.1, -0.05) is 29.8 Å². The van der Waals surface area contributed by atoms with Gasteiger partial charge in [0.2, 0.25) is 5.69 Å². The molecule has 0 saturated heterocycles. The molecular weight excluding hydrogens is 428 g/mol. The Morgan fingerprint density at radius 1 is 1.23 bits per heavy atom. The van der Waals surface area contributed by atoms with Crippen LogP contribution >= 0.6 is 11.6 Å². The molecule has 11 heteroatoms. The van der Waals surface area contributed by atoms with Crippen LogP contribution in [0.25, 0.3) is 5.69 Å². The number of nitro benzene ring substituents is 1. The second-order valence-electron chi connectivity index (χ2n) is 6.10. The monoisotopic (exact) mass is 444 g/mol. The average molecular weight is 445 g/mol. The summed E-state index contributed by atoms with van der Waals surface area (Å²) < 4.78 is 11.9. The summed E-state index contributed by atoms with van der Waals surface area (Å²) in [6.45, 7) is 1.27. The molecule has 0 radical (unpaired) electrons. The second kappa shape index (κ2) is 9.72. The number of para-hydroxylation sites is 1. The lowest BCUT2D eigenvalue weighted by Crippen LogP contribution is -2.21. The van der Waals surface area contributed by atoms with E-state index in [-0.39, 0.29) is 34.4 Å². The molecule has 160 valence electrons. The van der Waals surface area contributed by atoms with Gasteiger partial charge in [0.15, 0.2) is 12.4 Å². The Balaban J connectivity index is 1.77. The van der Waals surface area contributed by atoms with Gasteiger partial charge in [-0.2, -0.15) is 5.10 Å². The molecule has 0 unspecified atom stereocenters. The highest BCUT2D eigenvalue weighted by molar-refractivity contribution is 6.31. The van der Waals surface area contributed by atoms with Crippen molar-refractivity contribution in [3.05, 3.63) is 75.6 Å². The number of carbonyl (C=O) groups excluding carboxylic acids is 2. The Labute approximate surface area is 181 Å². The molecule has 10 nitrogen and oxygen atoms in total. The van der Waals surface area contributed by atoms with Crippen molar-refractivity contribution < 1.29 is 24.0 Å². The van der Waals surface area contributed by atoms with Crippen LogP contribution in [0.2, 0.25) is 5.02 Å². The summed E-state index contributed by atoms with van der Waals surface area (Å²) in [5, 5.41) is 17.9. The van der Waals surface area contributed by atoms with Gasteiger partial charge in [-0.3, -0.25) is 14.9 Å². The van der Waals surface area contributed by atoms with E-state index in [0.717, 1.165) is 6.07 Å². The number of amides is 1. The van der Waals surface area contributed by atoms with Crippen LogP contribution in [0.15, 0.2) is 54.7 Å². The van der Waals surface area contributed by atoms with Gasteiger partial charge in [-0.05, 0) is 31.2 Å². The number of halogens is 1. The van der Waals surface area contributed by atoms with Crippen LogP contribution in [0.4, 0.5) is 11.4 Å². The Kier molecular flexibility index (Phi) is 6.83. The third-order valence-corrected chi connectivity index (χ3v) is 4.19. The van der Waals surface area contributed by atoms with E-state index in [2.05, 4.69) is 10.4 Å². The van der Waals surface area contributed by atoms with E-state index in [1.807, 2.05) is 6.07 Å². The van der Waals surface area contributed by atoms with Crippen LogP contribution in [-0.2, 0) is 9.53 Å². The number of nitrogens with zero attached hydrogens (tertiary/aromatic N) is 3. The third kappa shape index (κ3) is 5.37. The minimum Gasteiger partial charge on any atom is -0.480 e. The molecule has 1 aromatic heterocycles. The Bertz CT molecular complexity index is 1120. The fourth-order valence-electron chi connectivity index (χ4n) is 2.61.